The van der Waals surface area contributed by atoms with Crippen molar-refractivity contribution in [1.29, 1.82) is 0 Å². The maximum absolute atomic E-state index is 11.8. The normalized spacial score (nSPS) is 20.6. The summed E-state index contributed by atoms with van der Waals surface area (Å²) in [5, 5.41) is 8.58. The first-order valence-electron chi connectivity index (χ1n) is 5.62. The number of likely N-dealkylation sites (tertiary alicyclic amines) is 1. The topological polar surface area (TPSA) is 77.0 Å². The lowest BCUT2D eigenvalue weighted by molar-refractivity contribution is -0.126. The van der Waals surface area contributed by atoms with E-state index in [1.165, 1.54) is 11.8 Å². The summed E-state index contributed by atoms with van der Waals surface area (Å²) in [6, 6.07) is 0.196. The van der Waals surface area contributed by atoms with Gasteiger partial charge in [-0.05, 0) is 20.3 Å². The van der Waals surface area contributed by atoms with Crippen LogP contribution in [0.15, 0.2) is 5.16 Å². The van der Waals surface area contributed by atoms with Crippen LogP contribution in [-0.2, 0) is 4.79 Å². The third kappa shape index (κ3) is 2.24. The number of aromatic nitrogens is 3. The van der Waals surface area contributed by atoms with Crippen molar-refractivity contribution < 1.29 is 4.79 Å². The van der Waals surface area contributed by atoms with Gasteiger partial charge in [-0.15, -0.1) is 10.2 Å². The Morgan fingerprint density at radius 1 is 1.47 bits per heavy atom. The molecule has 0 bridgehead atoms. The zero-order valence-electron chi connectivity index (χ0n) is 10.3. The summed E-state index contributed by atoms with van der Waals surface area (Å²) in [6.07, 6.45) is 0.852. The van der Waals surface area contributed by atoms with Gasteiger partial charge in [-0.25, -0.2) is 0 Å². The zero-order valence-corrected chi connectivity index (χ0v) is 11.1. The van der Waals surface area contributed by atoms with Gasteiger partial charge in [-0.3, -0.25) is 9.36 Å². The van der Waals surface area contributed by atoms with E-state index in [-0.39, 0.29) is 17.2 Å². The molecule has 0 aliphatic carbocycles. The molecule has 1 amide bonds. The summed E-state index contributed by atoms with van der Waals surface area (Å²) < 4.78 is 1.86. The fourth-order valence-corrected chi connectivity index (χ4v) is 3.15. The standard InChI is InChI=1S/C10H17N5OS/c1-6(2)15-9(11)12-13-10(15)17-7-4-5-14(3)8(7)16/h6-7H,4-5H2,1-3H3,(H2,11,12). The molecule has 1 aromatic rings. The molecule has 17 heavy (non-hydrogen) atoms. The van der Waals surface area contributed by atoms with Gasteiger partial charge in [0.15, 0.2) is 5.16 Å². The Hall–Kier alpha value is -1.24. The van der Waals surface area contributed by atoms with Gasteiger partial charge < -0.3 is 10.6 Å². The Bertz CT molecular complexity index is 430. The molecule has 0 saturated carbocycles. The SMILES string of the molecule is CC(C)n1c(N)nnc1SC1CCN(C)C1=O. The molecule has 94 valence electrons. The summed E-state index contributed by atoms with van der Waals surface area (Å²) >= 11 is 1.46. The highest BCUT2D eigenvalue weighted by Gasteiger charge is 2.31. The number of hydrogen-bond acceptors (Lipinski definition) is 5. The number of nitrogen functional groups attached to an aromatic ring is 1. The average molecular weight is 255 g/mol. The van der Waals surface area contributed by atoms with Crippen molar-refractivity contribution in [2.24, 2.45) is 0 Å². The van der Waals surface area contributed by atoms with E-state index in [1.807, 2.05) is 25.5 Å². The number of amides is 1. The van der Waals surface area contributed by atoms with Gasteiger partial charge in [0.25, 0.3) is 0 Å². The van der Waals surface area contributed by atoms with Crippen molar-refractivity contribution in [3.8, 4) is 0 Å². The van der Waals surface area contributed by atoms with Gasteiger partial charge in [-0.2, -0.15) is 0 Å². The summed E-state index contributed by atoms with van der Waals surface area (Å²) in [5.41, 5.74) is 5.76. The van der Waals surface area contributed by atoms with Crippen molar-refractivity contribution in [3.63, 3.8) is 0 Å². The number of rotatable bonds is 3. The van der Waals surface area contributed by atoms with E-state index in [4.69, 9.17) is 5.73 Å². The van der Waals surface area contributed by atoms with Crippen molar-refractivity contribution in [2.45, 2.75) is 36.7 Å². The van der Waals surface area contributed by atoms with E-state index >= 15 is 0 Å². The molecule has 1 saturated heterocycles. The lowest BCUT2D eigenvalue weighted by Gasteiger charge is -2.13. The predicted octanol–water partition coefficient (Wildman–Crippen LogP) is 0.764. The molecule has 1 aliphatic heterocycles. The molecule has 2 N–H and O–H groups in total. The molecule has 2 rings (SSSR count). The minimum absolute atomic E-state index is 0.0545. The molecule has 0 radical (unpaired) electrons. The Balaban J connectivity index is 2.17. The molecule has 1 fully saturated rings. The second-order valence-electron chi connectivity index (χ2n) is 4.46. The number of nitrogens with zero attached hydrogens (tertiary/aromatic N) is 4. The van der Waals surface area contributed by atoms with Crippen LogP contribution < -0.4 is 5.73 Å². The van der Waals surface area contributed by atoms with Crippen LogP contribution in [0.2, 0.25) is 0 Å². The first kappa shape index (κ1) is 12.2. The van der Waals surface area contributed by atoms with E-state index in [9.17, 15) is 4.79 Å². The number of carbonyl (C=O) groups excluding carboxylic acids is 1. The van der Waals surface area contributed by atoms with Crippen LogP contribution in [0.3, 0.4) is 0 Å². The summed E-state index contributed by atoms with van der Waals surface area (Å²) in [4.78, 5) is 13.6. The maximum Gasteiger partial charge on any atom is 0.235 e. The van der Waals surface area contributed by atoms with Crippen LogP contribution >= 0.6 is 11.8 Å². The number of anilines is 1. The van der Waals surface area contributed by atoms with Gasteiger partial charge >= 0.3 is 0 Å². The molecule has 6 nitrogen and oxygen atoms in total. The Morgan fingerprint density at radius 2 is 2.18 bits per heavy atom. The third-order valence-corrected chi connectivity index (χ3v) is 4.04. The van der Waals surface area contributed by atoms with Gasteiger partial charge in [0, 0.05) is 19.6 Å². The quantitative estimate of drug-likeness (QED) is 0.863. The van der Waals surface area contributed by atoms with Crippen molar-refractivity contribution in [3.05, 3.63) is 0 Å². The van der Waals surface area contributed by atoms with Crippen molar-refractivity contribution in [1.82, 2.24) is 19.7 Å². The summed E-state index contributed by atoms with van der Waals surface area (Å²) in [6.45, 7) is 4.85. The van der Waals surface area contributed by atoms with Gasteiger partial charge in [0.05, 0.1) is 5.25 Å². The molecule has 1 aromatic heterocycles. The predicted molar refractivity (Wildman–Crippen MR) is 66.7 cm³/mol. The van der Waals surface area contributed by atoms with Crippen LogP contribution in [0.5, 0.6) is 0 Å². The van der Waals surface area contributed by atoms with E-state index in [1.54, 1.807) is 4.90 Å². The first-order chi connectivity index (χ1) is 8.00. The van der Waals surface area contributed by atoms with Gasteiger partial charge in [0.2, 0.25) is 11.9 Å². The summed E-state index contributed by atoms with van der Waals surface area (Å²) in [5.74, 6) is 0.563. The molecule has 2 heterocycles. The first-order valence-corrected chi connectivity index (χ1v) is 6.50. The van der Waals surface area contributed by atoms with Crippen LogP contribution in [-0.4, -0.2) is 44.4 Å². The van der Waals surface area contributed by atoms with Gasteiger partial charge in [0.1, 0.15) is 0 Å². The summed E-state index contributed by atoms with van der Waals surface area (Å²) in [7, 11) is 1.82. The Morgan fingerprint density at radius 3 is 2.71 bits per heavy atom. The molecule has 1 unspecified atom stereocenters. The molecule has 0 aromatic carbocycles. The largest absolute Gasteiger partial charge is 0.368 e. The lowest BCUT2D eigenvalue weighted by atomic mass is 10.4. The minimum Gasteiger partial charge on any atom is -0.368 e. The zero-order chi connectivity index (χ0) is 12.6. The monoisotopic (exact) mass is 255 g/mol. The number of carbonyl (C=O) groups is 1. The van der Waals surface area contributed by atoms with E-state index in [2.05, 4.69) is 10.2 Å². The third-order valence-electron chi connectivity index (χ3n) is 2.83. The highest BCUT2D eigenvalue weighted by Crippen LogP contribution is 2.31. The highest BCUT2D eigenvalue weighted by atomic mass is 32.2. The van der Waals surface area contributed by atoms with Crippen molar-refractivity contribution >= 4 is 23.6 Å². The number of nitrogens with two attached hydrogens (primary N) is 1. The molecule has 7 heteroatoms. The van der Waals surface area contributed by atoms with E-state index in [0.29, 0.717) is 5.95 Å². The van der Waals surface area contributed by atoms with Crippen molar-refractivity contribution in [2.75, 3.05) is 19.3 Å². The fourth-order valence-electron chi connectivity index (χ4n) is 1.88. The molecular weight excluding hydrogens is 238 g/mol. The van der Waals surface area contributed by atoms with Crippen LogP contribution in [0.25, 0.3) is 0 Å². The second-order valence-corrected chi connectivity index (χ2v) is 5.63. The smallest absolute Gasteiger partial charge is 0.235 e. The number of hydrogen-bond donors (Lipinski definition) is 1. The molecular formula is C10H17N5OS. The number of thioether (sulfide) groups is 1. The Labute approximate surface area is 105 Å². The van der Waals surface area contributed by atoms with E-state index in [0.717, 1.165) is 18.1 Å². The lowest BCUT2D eigenvalue weighted by Crippen LogP contribution is -2.24. The Kier molecular flexibility index (Phi) is 3.28. The maximum atomic E-state index is 11.8. The minimum atomic E-state index is -0.0545. The average Bonchev–Trinajstić information content (AvgIpc) is 2.77. The molecule has 0 spiro atoms. The van der Waals surface area contributed by atoms with Crippen LogP contribution in [0.1, 0.15) is 26.3 Å². The second kappa shape index (κ2) is 4.56. The highest BCUT2D eigenvalue weighted by molar-refractivity contribution is 8.00. The fraction of sp³-hybridized carbons (Fsp3) is 0.700. The van der Waals surface area contributed by atoms with Crippen LogP contribution in [0, 0.1) is 0 Å². The van der Waals surface area contributed by atoms with Crippen LogP contribution in [0.4, 0.5) is 5.95 Å². The molecule has 1 atom stereocenters. The van der Waals surface area contributed by atoms with E-state index < -0.39 is 0 Å². The van der Waals surface area contributed by atoms with Gasteiger partial charge in [-0.1, -0.05) is 11.8 Å². The molecule has 1 aliphatic rings.